The molecule has 7 heteroatoms. The van der Waals surface area contributed by atoms with Crippen LogP contribution in [-0.2, 0) is 13.1 Å². The molecule has 0 unspecified atom stereocenters. The molecule has 2 aromatic rings. The summed E-state index contributed by atoms with van der Waals surface area (Å²) in [4.78, 5) is 21.2. The van der Waals surface area contributed by atoms with Gasteiger partial charge in [0, 0.05) is 25.7 Å². The van der Waals surface area contributed by atoms with Crippen LogP contribution < -0.4 is 0 Å². The quantitative estimate of drug-likeness (QED) is 0.691. The highest BCUT2D eigenvalue weighted by Gasteiger charge is 2.30. The van der Waals surface area contributed by atoms with Gasteiger partial charge in [0.1, 0.15) is 6.26 Å². The van der Waals surface area contributed by atoms with Crippen molar-refractivity contribution in [1.29, 1.82) is 0 Å². The predicted octanol–water partition coefficient (Wildman–Crippen LogP) is 4.77. The Bertz CT molecular complexity index is 813. The van der Waals surface area contributed by atoms with Gasteiger partial charge in [-0.1, -0.05) is 29.3 Å². The van der Waals surface area contributed by atoms with Crippen LogP contribution in [0.15, 0.2) is 28.9 Å². The summed E-state index contributed by atoms with van der Waals surface area (Å²) in [6, 6.07) is 6.24. The average molecular weight is 408 g/mol. The second-order valence-corrected chi connectivity index (χ2v) is 8.18. The molecule has 2 fully saturated rings. The van der Waals surface area contributed by atoms with Gasteiger partial charge in [0.25, 0.3) is 5.91 Å². The largest absolute Gasteiger partial charge is 0.447 e. The molecular weight excluding hydrogens is 385 g/mol. The summed E-state index contributed by atoms with van der Waals surface area (Å²) in [7, 11) is 0. The van der Waals surface area contributed by atoms with Crippen molar-refractivity contribution in [1.82, 2.24) is 14.8 Å². The maximum atomic E-state index is 12.6. The van der Waals surface area contributed by atoms with Crippen LogP contribution in [0.4, 0.5) is 0 Å². The zero-order valence-corrected chi connectivity index (χ0v) is 16.7. The highest BCUT2D eigenvalue weighted by molar-refractivity contribution is 6.42. The Balaban J connectivity index is 1.42. The molecule has 5 nitrogen and oxygen atoms in total. The van der Waals surface area contributed by atoms with Crippen molar-refractivity contribution >= 4 is 29.1 Å². The van der Waals surface area contributed by atoms with Crippen LogP contribution in [0, 0.1) is 0 Å². The number of aromatic nitrogens is 1. The van der Waals surface area contributed by atoms with Gasteiger partial charge in [0.05, 0.1) is 16.6 Å². The summed E-state index contributed by atoms with van der Waals surface area (Å²) >= 11 is 12.2. The number of amides is 1. The van der Waals surface area contributed by atoms with Crippen LogP contribution in [0.2, 0.25) is 10.0 Å². The van der Waals surface area contributed by atoms with Crippen LogP contribution in [0.3, 0.4) is 0 Å². The van der Waals surface area contributed by atoms with Gasteiger partial charge in [-0.25, -0.2) is 4.98 Å². The van der Waals surface area contributed by atoms with Crippen molar-refractivity contribution in [3.05, 3.63) is 51.7 Å². The van der Waals surface area contributed by atoms with E-state index in [1.165, 1.54) is 25.5 Å². The first-order valence-corrected chi connectivity index (χ1v) is 10.3. The van der Waals surface area contributed by atoms with Crippen molar-refractivity contribution in [3.8, 4) is 0 Å². The molecule has 1 aliphatic heterocycles. The van der Waals surface area contributed by atoms with E-state index in [0.29, 0.717) is 34.2 Å². The summed E-state index contributed by atoms with van der Waals surface area (Å²) in [5, 5.41) is 1.13. The van der Waals surface area contributed by atoms with Crippen LogP contribution in [0.25, 0.3) is 0 Å². The third-order valence-corrected chi connectivity index (χ3v) is 5.92. The van der Waals surface area contributed by atoms with Gasteiger partial charge in [0.2, 0.25) is 5.89 Å². The smallest absolute Gasteiger partial charge is 0.275 e. The molecule has 0 atom stereocenters. The Morgan fingerprint density at radius 1 is 1.15 bits per heavy atom. The molecule has 0 bridgehead atoms. The Labute approximate surface area is 169 Å². The van der Waals surface area contributed by atoms with E-state index in [1.807, 2.05) is 23.1 Å². The molecule has 2 aliphatic rings. The summed E-state index contributed by atoms with van der Waals surface area (Å²) < 4.78 is 5.62. The Kier molecular flexibility index (Phi) is 5.71. The standard InChI is InChI=1S/C20H23Cl2N3O2/c21-16-7-4-14(10-17(16)22)11-25(15-5-6-15)12-19-23-18(13-27-19)20(26)24-8-2-1-3-9-24/h4,7,10,13,15H,1-3,5-6,8-9,11-12H2. The van der Waals surface area contributed by atoms with Gasteiger partial charge in [-0.3, -0.25) is 9.69 Å². The lowest BCUT2D eigenvalue weighted by Crippen LogP contribution is -2.35. The van der Waals surface area contributed by atoms with Gasteiger partial charge >= 0.3 is 0 Å². The minimum Gasteiger partial charge on any atom is -0.447 e. The molecule has 1 amide bonds. The van der Waals surface area contributed by atoms with Crippen molar-refractivity contribution in [2.45, 2.75) is 51.2 Å². The van der Waals surface area contributed by atoms with E-state index >= 15 is 0 Å². The van der Waals surface area contributed by atoms with Gasteiger partial charge in [-0.05, 0) is 49.8 Å². The molecular formula is C20H23Cl2N3O2. The minimum atomic E-state index is -0.0212. The number of benzene rings is 1. The van der Waals surface area contributed by atoms with E-state index in [-0.39, 0.29) is 5.91 Å². The summed E-state index contributed by atoms with van der Waals surface area (Å²) in [5.74, 6) is 0.564. The Hall–Kier alpha value is -1.56. The number of nitrogens with zero attached hydrogens (tertiary/aromatic N) is 3. The Morgan fingerprint density at radius 3 is 2.63 bits per heavy atom. The van der Waals surface area contributed by atoms with E-state index in [4.69, 9.17) is 27.6 Å². The fourth-order valence-corrected chi connectivity index (χ4v) is 3.86. The first-order valence-electron chi connectivity index (χ1n) is 9.52. The predicted molar refractivity (Wildman–Crippen MR) is 105 cm³/mol. The first-order chi connectivity index (χ1) is 13.1. The second kappa shape index (κ2) is 8.21. The van der Waals surface area contributed by atoms with Crippen molar-refractivity contribution in [2.24, 2.45) is 0 Å². The molecule has 1 saturated carbocycles. The molecule has 0 spiro atoms. The summed E-state index contributed by atoms with van der Waals surface area (Å²) in [5.41, 5.74) is 1.52. The van der Waals surface area contributed by atoms with E-state index in [9.17, 15) is 4.79 Å². The SMILES string of the molecule is O=C(c1coc(CN(Cc2ccc(Cl)c(Cl)c2)C2CC2)n1)N1CCCCC1. The van der Waals surface area contributed by atoms with Crippen LogP contribution in [0.5, 0.6) is 0 Å². The monoisotopic (exact) mass is 407 g/mol. The fraction of sp³-hybridized carbons (Fsp3) is 0.500. The number of piperidine rings is 1. The number of rotatable bonds is 6. The van der Waals surface area contributed by atoms with Crippen molar-refractivity contribution in [3.63, 3.8) is 0 Å². The highest BCUT2D eigenvalue weighted by Crippen LogP contribution is 2.31. The number of oxazole rings is 1. The number of carbonyl (C=O) groups is 1. The van der Waals surface area contributed by atoms with E-state index < -0.39 is 0 Å². The zero-order valence-electron chi connectivity index (χ0n) is 15.2. The summed E-state index contributed by atoms with van der Waals surface area (Å²) in [6.45, 7) is 2.95. The molecule has 144 valence electrons. The lowest BCUT2D eigenvalue weighted by Gasteiger charge is -2.25. The maximum absolute atomic E-state index is 12.6. The first kappa shape index (κ1) is 18.8. The number of carbonyl (C=O) groups excluding carboxylic acids is 1. The third kappa shape index (κ3) is 4.65. The van der Waals surface area contributed by atoms with Gasteiger partial charge in [-0.2, -0.15) is 0 Å². The molecule has 1 aromatic carbocycles. The van der Waals surface area contributed by atoms with Crippen LogP contribution >= 0.6 is 23.2 Å². The van der Waals surface area contributed by atoms with Crippen molar-refractivity contribution < 1.29 is 9.21 Å². The van der Waals surface area contributed by atoms with Gasteiger partial charge < -0.3 is 9.32 Å². The van der Waals surface area contributed by atoms with E-state index in [0.717, 1.165) is 38.0 Å². The number of likely N-dealkylation sites (tertiary alicyclic amines) is 1. The number of halogens is 2. The Morgan fingerprint density at radius 2 is 1.93 bits per heavy atom. The van der Waals surface area contributed by atoms with Crippen molar-refractivity contribution in [2.75, 3.05) is 13.1 Å². The fourth-order valence-electron chi connectivity index (χ4n) is 3.54. The topological polar surface area (TPSA) is 49.6 Å². The van der Waals surface area contributed by atoms with Gasteiger partial charge in [0.15, 0.2) is 5.69 Å². The second-order valence-electron chi connectivity index (χ2n) is 7.36. The lowest BCUT2D eigenvalue weighted by atomic mass is 10.1. The maximum Gasteiger partial charge on any atom is 0.275 e. The molecule has 0 N–H and O–H groups in total. The molecule has 27 heavy (non-hydrogen) atoms. The number of hydrogen-bond donors (Lipinski definition) is 0. The molecule has 1 aromatic heterocycles. The van der Waals surface area contributed by atoms with Gasteiger partial charge in [-0.15, -0.1) is 0 Å². The molecule has 1 aliphatic carbocycles. The normalized spacial score (nSPS) is 17.5. The van der Waals surface area contributed by atoms with Crippen LogP contribution in [-0.4, -0.2) is 39.8 Å². The molecule has 0 radical (unpaired) electrons. The zero-order chi connectivity index (χ0) is 18.8. The number of hydrogen-bond acceptors (Lipinski definition) is 4. The molecule has 2 heterocycles. The van der Waals surface area contributed by atoms with E-state index in [2.05, 4.69) is 9.88 Å². The average Bonchev–Trinajstić information content (AvgIpc) is 3.43. The van der Waals surface area contributed by atoms with E-state index in [1.54, 1.807) is 0 Å². The lowest BCUT2D eigenvalue weighted by molar-refractivity contribution is 0.0718. The summed E-state index contributed by atoms with van der Waals surface area (Å²) in [6.07, 6.45) is 7.16. The van der Waals surface area contributed by atoms with Crippen LogP contribution in [0.1, 0.15) is 54.0 Å². The molecule has 4 rings (SSSR count). The molecule has 1 saturated heterocycles. The third-order valence-electron chi connectivity index (χ3n) is 5.19. The highest BCUT2D eigenvalue weighted by atomic mass is 35.5. The minimum absolute atomic E-state index is 0.0212.